The molecule has 0 N–H and O–H groups in total. The molecule has 1 heterocycles. The molecule has 0 amide bonds. The van der Waals surface area contributed by atoms with Gasteiger partial charge >= 0.3 is 0 Å². The van der Waals surface area contributed by atoms with Gasteiger partial charge in [0.05, 0.1) is 0 Å². The molecule has 1 saturated heterocycles. The number of halogens is 1. The Kier molecular flexibility index (Phi) is 3.77. The van der Waals surface area contributed by atoms with Gasteiger partial charge < -0.3 is 4.90 Å². The Morgan fingerprint density at radius 1 is 1.35 bits per heavy atom. The van der Waals surface area contributed by atoms with Crippen LogP contribution in [0.3, 0.4) is 0 Å². The number of piperidine rings is 1. The number of hydrogen-bond acceptors (Lipinski definition) is 2. The molecule has 0 spiro atoms. The van der Waals surface area contributed by atoms with Gasteiger partial charge in [0, 0.05) is 31.1 Å². The summed E-state index contributed by atoms with van der Waals surface area (Å²) < 4.78 is 12.9. The molecular weight excluding hydrogens is 217 g/mol. The minimum absolute atomic E-state index is 0.214. The summed E-state index contributed by atoms with van der Waals surface area (Å²) in [7, 11) is 0. The largest absolute Gasteiger partial charge is 0.368 e. The Labute approximate surface area is 101 Å². The van der Waals surface area contributed by atoms with E-state index in [-0.39, 0.29) is 11.9 Å². The quantitative estimate of drug-likeness (QED) is 0.802. The Hall–Kier alpha value is -1.38. The lowest BCUT2D eigenvalue weighted by molar-refractivity contribution is -0.120. The topological polar surface area (TPSA) is 20.3 Å². The monoisotopic (exact) mass is 235 g/mol. The zero-order valence-electron chi connectivity index (χ0n) is 10.2. The fourth-order valence-electron chi connectivity index (χ4n) is 2.47. The number of Topliss-reactive ketones (excluding diaryl/α,β-unsaturated/α-hetero) is 1. The highest BCUT2D eigenvalue weighted by Crippen LogP contribution is 2.25. The maximum atomic E-state index is 12.9. The molecule has 1 aliphatic rings. The maximum Gasteiger partial charge on any atom is 0.136 e. The van der Waals surface area contributed by atoms with Crippen LogP contribution in [-0.4, -0.2) is 18.4 Å². The average Bonchev–Trinajstić information content (AvgIpc) is 2.31. The van der Waals surface area contributed by atoms with Gasteiger partial charge in [-0.2, -0.15) is 0 Å². The summed E-state index contributed by atoms with van der Waals surface area (Å²) in [6, 6.07) is 6.84. The standard InChI is InChI=1S/C14H18FNO/c1-2-3-13-10-14(17)8-9-16(13)12-6-4-11(15)5-7-12/h4-7,13H,2-3,8-10H2,1H3. The van der Waals surface area contributed by atoms with Crippen molar-refractivity contribution in [2.24, 2.45) is 0 Å². The van der Waals surface area contributed by atoms with Crippen molar-refractivity contribution < 1.29 is 9.18 Å². The minimum atomic E-state index is -0.214. The summed E-state index contributed by atoms with van der Waals surface area (Å²) in [6.07, 6.45) is 3.32. The molecule has 0 saturated carbocycles. The maximum absolute atomic E-state index is 12.9. The lowest BCUT2D eigenvalue weighted by atomic mass is 9.96. The van der Waals surface area contributed by atoms with E-state index >= 15 is 0 Å². The average molecular weight is 235 g/mol. The first-order valence-corrected chi connectivity index (χ1v) is 6.24. The van der Waals surface area contributed by atoms with E-state index in [1.54, 1.807) is 12.1 Å². The van der Waals surface area contributed by atoms with Crippen LogP contribution in [0.2, 0.25) is 0 Å². The summed E-state index contributed by atoms with van der Waals surface area (Å²) in [5, 5.41) is 0. The predicted octanol–water partition coefficient (Wildman–Crippen LogP) is 3.16. The second-order valence-electron chi connectivity index (χ2n) is 4.61. The van der Waals surface area contributed by atoms with Gasteiger partial charge in [0.15, 0.2) is 0 Å². The number of hydrogen-bond donors (Lipinski definition) is 0. The molecule has 0 radical (unpaired) electrons. The molecule has 92 valence electrons. The van der Waals surface area contributed by atoms with Crippen LogP contribution in [0.25, 0.3) is 0 Å². The van der Waals surface area contributed by atoms with Crippen LogP contribution in [-0.2, 0) is 4.79 Å². The Morgan fingerprint density at radius 3 is 2.71 bits per heavy atom. The third kappa shape index (κ3) is 2.84. The summed E-state index contributed by atoms with van der Waals surface area (Å²) in [4.78, 5) is 13.7. The molecule has 1 unspecified atom stereocenters. The number of rotatable bonds is 3. The van der Waals surface area contributed by atoms with Crippen molar-refractivity contribution in [1.29, 1.82) is 0 Å². The van der Waals surface area contributed by atoms with Crippen molar-refractivity contribution in [3.8, 4) is 0 Å². The van der Waals surface area contributed by atoms with E-state index in [9.17, 15) is 9.18 Å². The molecule has 0 bridgehead atoms. The SMILES string of the molecule is CCCC1CC(=O)CCN1c1ccc(F)cc1. The number of benzene rings is 1. The van der Waals surface area contributed by atoms with Crippen LogP contribution in [0, 0.1) is 5.82 Å². The Bertz CT molecular complexity index is 388. The van der Waals surface area contributed by atoms with E-state index in [1.165, 1.54) is 12.1 Å². The van der Waals surface area contributed by atoms with E-state index in [4.69, 9.17) is 0 Å². The van der Waals surface area contributed by atoms with Crippen LogP contribution in [0.1, 0.15) is 32.6 Å². The van der Waals surface area contributed by atoms with Crippen LogP contribution in [0.15, 0.2) is 24.3 Å². The van der Waals surface area contributed by atoms with Gasteiger partial charge in [-0.3, -0.25) is 4.79 Å². The fraction of sp³-hybridized carbons (Fsp3) is 0.500. The third-order valence-electron chi connectivity index (χ3n) is 3.32. The first-order valence-electron chi connectivity index (χ1n) is 6.24. The van der Waals surface area contributed by atoms with Gasteiger partial charge in [0.2, 0.25) is 0 Å². The summed E-state index contributed by atoms with van der Waals surface area (Å²) in [5.74, 6) is 0.135. The van der Waals surface area contributed by atoms with Crippen molar-refractivity contribution in [3.05, 3.63) is 30.1 Å². The molecule has 3 heteroatoms. The molecule has 2 nitrogen and oxygen atoms in total. The van der Waals surface area contributed by atoms with E-state index in [2.05, 4.69) is 11.8 Å². The highest BCUT2D eigenvalue weighted by Gasteiger charge is 2.26. The van der Waals surface area contributed by atoms with E-state index in [0.717, 1.165) is 25.1 Å². The fourth-order valence-corrected chi connectivity index (χ4v) is 2.47. The molecule has 17 heavy (non-hydrogen) atoms. The normalized spacial score (nSPS) is 20.7. The minimum Gasteiger partial charge on any atom is -0.368 e. The van der Waals surface area contributed by atoms with Crippen LogP contribution in [0.4, 0.5) is 10.1 Å². The lowest BCUT2D eigenvalue weighted by Gasteiger charge is -2.37. The van der Waals surface area contributed by atoms with Crippen LogP contribution in [0.5, 0.6) is 0 Å². The molecule has 0 aliphatic carbocycles. The Balaban J connectivity index is 2.16. The van der Waals surface area contributed by atoms with Crippen molar-refractivity contribution in [2.45, 2.75) is 38.6 Å². The highest BCUT2D eigenvalue weighted by atomic mass is 19.1. The van der Waals surface area contributed by atoms with Crippen LogP contribution < -0.4 is 4.90 Å². The van der Waals surface area contributed by atoms with Crippen LogP contribution >= 0.6 is 0 Å². The number of carbonyl (C=O) groups is 1. The first kappa shape index (κ1) is 12.1. The van der Waals surface area contributed by atoms with Gasteiger partial charge in [-0.05, 0) is 30.7 Å². The van der Waals surface area contributed by atoms with Gasteiger partial charge in [-0.25, -0.2) is 4.39 Å². The van der Waals surface area contributed by atoms with Crippen molar-refractivity contribution in [2.75, 3.05) is 11.4 Å². The molecule has 0 aromatic heterocycles. The molecule has 1 atom stereocenters. The summed E-state index contributed by atoms with van der Waals surface area (Å²) in [5.41, 5.74) is 1.03. The van der Waals surface area contributed by atoms with Gasteiger partial charge in [-0.15, -0.1) is 0 Å². The second-order valence-corrected chi connectivity index (χ2v) is 4.61. The zero-order chi connectivity index (χ0) is 12.3. The molecular formula is C14H18FNO. The van der Waals surface area contributed by atoms with E-state index in [0.29, 0.717) is 18.6 Å². The third-order valence-corrected chi connectivity index (χ3v) is 3.32. The molecule has 1 aromatic carbocycles. The summed E-state index contributed by atoms with van der Waals surface area (Å²) in [6.45, 7) is 2.89. The second kappa shape index (κ2) is 5.30. The number of nitrogens with zero attached hydrogens (tertiary/aromatic N) is 1. The number of carbonyl (C=O) groups excluding carboxylic acids is 1. The molecule has 1 fully saturated rings. The lowest BCUT2D eigenvalue weighted by Crippen LogP contribution is -2.42. The molecule has 2 rings (SSSR count). The number of ketones is 1. The Morgan fingerprint density at radius 2 is 2.06 bits per heavy atom. The zero-order valence-corrected chi connectivity index (χ0v) is 10.2. The van der Waals surface area contributed by atoms with E-state index < -0.39 is 0 Å². The van der Waals surface area contributed by atoms with Gasteiger partial charge in [0.1, 0.15) is 11.6 Å². The molecule has 1 aliphatic heterocycles. The van der Waals surface area contributed by atoms with Crippen molar-refractivity contribution in [3.63, 3.8) is 0 Å². The predicted molar refractivity (Wildman–Crippen MR) is 66.7 cm³/mol. The summed E-state index contributed by atoms with van der Waals surface area (Å²) >= 11 is 0. The highest BCUT2D eigenvalue weighted by molar-refractivity contribution is 5.81. The van der Waals surface area contributed by atoms with E-state index in [1.807, 2.05) is 0 Å². The number of anilines is 1. The van der Waals surface area contributed by atoms with Crippen molar-refractivity contribution in [1.82, 2.24) is 0 Å². The first-order chi connectivity index (χ1) is 8.20. The molecule has 1 aromatic rings. The van der Waals surface area contributed by atoms with Crippen molar-refractivity contribution >= 4 is 11.5 Å². The smallest absolute Gasteiger partial charge is 0.136 e. The van der Waals surface area contributed by atoms with Gasteiger partial charge in [0.25, 0.3) is 0 Å². The van der Waals surface area contributed by atoms with Gasteiger partial charge in [-0.1, -0.05) is 13.3 Å².